The van der Waals surface area contributed by atoms with Crippen molar-refractivity contribution in [2.45, 2.75) is 23.8 Å². The van der Waals surface area contributed by atoms with Crippen molar-refractivity contribution in [1.29, 1.82) is 0 Å². The van der Waals surface area contributed by atoms with Crippen LogP contribution in [0, 0.1) is 11.6 Å². The molecule has 1 aliphatic heterocycles. The van der Waals surface area contributed by atoms with Gasteiger partial charge in [0.05, 0.1) is 10.9 Å². The first kappa shape index (κ1) is 16.1. The van der Waals surface area contributed by atoms with Crippen molar-refractivity contribution >= 4 is 15.7 Å². The Kier molecular flexibility index (Phi) is 3.77. The van der Waals surface area contributed by atoms with Gasteiger partial charge in [-0.3, -0.25) is 4.40 Å². The molecule has 4 rings (SSSR count). The maximum absolute atomic E-state index is 13.5. The van der Waals surface area contributed by atoms with Crippen LogP contribution in [0.4, 0.5) is 8.78 Å². The second kappa shape index (κ2) is 5.85. The lowest BCUT2D eigenvalue weighted by Gasteiger charge is -2.23. The van der Waals surface area contributed by atoms with E-state index in [0.29, 0.717) is 30.4 Å². The average Bonchev–Trinajstić information content (AvgIpc) is 3.20. The predicted octanol–water partition coefficient (Wildman–Crippen LogP) is 2.53. The lowest BCUT2D eigenvalue weighted by molar-refractivity contribution is 0.380. The highest BCUT2D eigenvalue weighted by Crippen LogP contribution is 2.36. The number of nitrogens with zero attached hydrogens (tertiary/aromatic N) is 4. The van der Waals surface area contributed by atoms with Gasteiger partial charge in [-0.25, -0.2) is 17.2 Å². The Morgan fingerprint density at radius 2 is 1.84 bits per heavy atom. The first-order chi connectivity index (χ1) is 12.0. The van der Waals surface area contributed by atoms with Crippen LogP contribution in [0.25, 0.3) is 5.65 Å². The molecule has 0 spiro atoms. The number of aromatic nitrogens is 3. The van der Waals surface area contributed by atoms with E-state index >= 15 is 0 Å². The lowest BCUT2D eigenvalue weighted by Crippen LogP contribution is -2.31. The van der Waals surface area contributed by atoms with Crippen LogP contribution in [0.3, 0.4) is 0 Å². The molecule has 0 saturated carbocycles. The molecular weight excluding hydrogens is 350 g/mol. The summed E-state index contributed by atoms with van der Waals surface area (Å²) in [5.41, 5.74) is 0.610. The van der Waals surface area contributed by atoms with Crippen LogP contribution < -0.4 is 0 Å². The molecule has 3 heterocycles. The summed E-state index contributed by atoms with van der Waals surface area (Å²) in [6.45, 7) is 0.257. The quantitative estimate of drug-likeness (QED) is 0.716. The molecule has 25 heavy (non-hydrogen) atoms. The fraction of sp³-hybridized carbons (Fsp3) is 0.250. The van der Waals surface area contributed by atoms with Gasteiger partial charge in [0.25, 0.3) is 0 Å². The van der Waals surface area contributed by atoms with E-state index in [0.717, 1.165) is 12.1 Å². The zero-order valence-corrected chi connectivity index (χ0v) is 13.8. The van der Waals surface area contributed by atoms with Gasteiger partial charge in [-0.1, -0.05) is 6.07 Å². The molecule has 9 heteroatoms. The van der Waals surface area contributed by atoms with Crippen LogP contribution in [0.15, 0.2) is 47.5 Å². The van der Waals surface area contributed by atoms with Crippen molar-refractivity contribution in [2.75, 3.05) is 6.54 Å². The highest BCUT2D eigenvalue weighted by Gasteiger charge is 2.39. The third-order valence-corrected chi connectivity index (χ3v) is 6.17. The summed E-state index contributed by atoms with van der Waals surface area (Å²) in [5, 5.41) is 8.18. The molecule has 1 aromatic carbocycles. The Labute approximate surface area is 142 Å². The van der Waals surface area contributed by atoms with Crippen LogP contribution in [-0.2, 0) is 10.0 Å². The van der Waals surface area contributed by atoms with E-state index in [9.17, 15) is 17.2 Å². The van der Waals surface area contributed by atoms with Crippen molar-refractivity contribution in [1.82, 2.24) is 18.9 Å². The van der Waals surface area contributed by atoms with Gasteiger partial charge < -0.3 is 0 Å². The molecule has 0 amide bonds. The molecule has 0 bridgehead atoms. The number of benzene rings is 1. The molecule has 0 unspecified atom stereocenters. The Morgan fingerprint density at radius 1 is 1.08 bits per heavy atom. The minimum absolute atomic E-state index is 0.257. The average molecular weight is 364 g/mol. The van der Waals surface area contributed by atoms with Crippen LogP contribution in [0.5, 0.6) is 0 Å². The lowest BCUT2D eigenvalue weighted by atomic mass is 10.2. The summed E-state index contributed by atoms with van der Waals surface area (Å²) in [6.07, 6.45) is 2.95. The fourth-order valence-electron chi connectivity index (χ4n) is 3.19. The summed E-state index contributed by atoms with van der Waals surface area (Å²) in [5.74, 6) is -1.36. The van der Waals surface area contributed by atoms with E-state index < -0.39 is 32.6 Å². The van der Waals surface area contributed by atoms with Gasteiger partial charge in [0, 0.05) is 18.8 Å². The monoisotopic (exact) mass is 364 g/mol. The van der Waals surface area contributed by atoms with Crippen LogP contribution in [0.2, 0.25) is 0 Å². The Balaban J connectivity index is 1.78. The van der Waals surface area contributed by atoms with Crippen molar-refractivity contribution in [3.05, 3.63) is 60.1 Å². The number of hydrogen-bond donors (Lipinski definition) is 0. The van der Waals surface area contributed by atoms with E-state index in [4.69, 9.17) is 0 Å². The van der Waals surface area contributed by atoms with Crippen molar-refractivity contribution in [3.8, 4) is 0 Å². The molecule has 0 aliphatic carbocycles. The standard InChI is InChI=1S/C16H14F2N4O2S/c17-11-8-12(18)10-13(9-11)25(23,24)22-7-3-4-14(22)16-20-19-15-5-1-2-6-21(15)16/h1-2,5-6,8-10,14H,3-4,7H2/t14-/m1/s1. The summed E-state index contributed by atoms with van der Waals surface area (Å²) in [6, 6.07) is 7.15. The van der Waals surface area contributed by atoms with E-state index in [-0.39, 0.29) is 6.54 Å². The molecule has 130 valence electrons. The number of fused-ring (bicyclic) bond motifs is 1. The largest absolute Gasteiger partial charge is 0.285 e. The highest BCUT2D eigenvalue weighted by molar-refractivity contribution is 7.89. The van der Waals surface area contributed by atoms with E-state index in [1.807, 2.05) is 6.07 Å². The van der Waals surface area contributed by atoms with E-state index in [1.165, 1.54) is 4.31 Å². The zero-order valence-electron chi connectivity index (χ0n) is 13.0. The molecule has 1 atom stereocenters. The Hall–Kier alpha value is -2.39. The summed E-state index contributed by atoms with van der Waals surface area (Å²) in [4.78, 5) is -0.397. The van der Waals surface area contributed by atoms with Crippen LogP contribution in [0.1, 0.15) is 24.7 Å². The number of rotatable bonds is 3. The maximum atomic E-state index is 13.5. The van der Waals surface area contributed by atoms with Gasteiger partial charge in [-0.05, 0) is 37.1 Å². The molecule has 1 saturated heterocycles. The van der Waals surface area contributed by atoms with E-state index in [2.05, 4.69) is 10.2 Å². The second-order valence-corrected chi connectivity index (χ2v) is 7.76. The van der Waals surface area contributed by atoms with Crippen LogP contribution >= 0.6 is 0 Å². The van der Waals surface area contributed by atoms with Crippen molar-refractivity contribution in [2.24, 2.45) is 0 Å². The molecule has 6 nitrogen and oxygen atoms in total. The predicted molar refractivity (Wildman–Crippen MR) is 85.2 cm³/mol. The maximum Gasteiger partial charge on any atom is 0.243 e. The Bertz CT molecular complexity index is 1030. The number of halogens is 2. The number of sulfonamides is 1. The molecule has 2 aromatic heterocycles. The Morgan fingerprint density at radius 3 is 2.60 bits per heavy atom. The summed E-state index contributed by atoms with van der Waals surface area (Å²) in [7, 11) is -4.06. The smallest absolute Gasteiger partial charge is 0.243 e. The topological polar surface area (TPSA) is 67.6 Å². The second-order valence-electron chi connectivity index (χ2n) is 5.87. The normalized spacial score (nSPS) is 18.9. The van der Waals surface area contributed by atoms with Gasteiger partial charge >= 0.3 is 0 Å². The van der Waals surface area contributed by atoms with Gasteiger partial charge in [0.15, 0.2) is 11.5 Å². The molecule has 3 aromatic rings. The van der Waals surface area contributed by atoms with E-state index in [1.54, 1.807) is 22.7 Å². The van der Waals surface area contributed by atoms with Gasteiger partial charge in [-0.2, -0.15) is 4.31 Å². The zero-order chi connectivity index (χ0) is 17.6. The molecular formula is C16H14F2N4O2S. The number of hydrogen-bond acceptors (Lipinski definition) is 4. The fourth-order valence-corrected chi connectivity index (χ4v) is 4.88. The third kappa shape index (κ3) is 2.69. The van der Waals surface area contributed by atoms with Gasteiger partial charge in [-0.15, -0.1) is 10.2 Å². The minimum atomic E-state index is -4.06. The first-order valence-electron chi connectivity index (χ1n) is 7.74. The van der Waals surface area contributed by atoms with Crippen molar-refractivity contribution < 1.29 is 17.2 Å². The summed E-state index contributed by atoms with van der Waals surface area (Å²) >= 11 is 0. The van der Waals surface area contributed by atoms with Crippen LogP contribution in [-0.4, -0.2) is 33.9 Å². The third-order valence-electron chi connectivity index (χ3n) is 4.28. The van der Waals surface area contributed by atoms with Gasteiger partial charge in [0.2, 0.25) is 10.0 Å². The summed E-state index contributed by atoms with van der Waals surface area (Å²) < 4.78 is 55.7. The SMILES string of the molecule is O=S(=O)(c1cc(F)cc(F)c1)N1CCC[C@@H]1c1nnc2ccccn12. The highest BCUT2D eigenvalue weighted by atomic mass is 32.2. The number of pyridine rings is 1. The minimum Gasteiger partial charge on any atom is -0.285 e. The molecule has 0 radical (unpaired) electrons. The first-order valence-corrected chi connectivity index (χ1v) is 9.18. The molecule has 1 fully saturated rings. The molecule has 0 N–H and O–H groups in total. The van der Waals surface area contributed by atoms with Crippen molar-refractivity contribution in [3.63, 3.8) is 0 Å². The molecule has 1 aliphatic rings. The van der Waals surface area contributed by atoms with Gasteiger partial charge in [0.1, 0.15) is 11.6 Å².